The van der Waals surface area contributed by atoms with Crippen LogP contribution in [0.15, 0.2) is 35.1 Å². The molecule has 0 saturated carbocycles. The van der Waals surface area contributed by atoms with Gasteiger partial charge in [0.25, 0.3) is 0 Å². The van der Waals surface area contributed by atoms with Crippen molar-refractivity contribution in [3.63, 3.8) is 0 Å². The van der Waals surface area contributed by atoms with E-state index in [0.29, 0.717) is 5.15 Å². The maximum absolute atomic E-state index is 5.86. The second-order valence-corrected chi connectivity index (χ2v) is 5.26. The Morgan fingerprint density at radius 1 is 1.50 bits per heavy atom. The topological polar surface area (TPSA) is 29.9 Å². The summed E-state index contributed by atoms with van der Waals surface area (Å²) in [7, 11) is 0. The van der Waals surface area contributed by atoms with E-state index in [1.54, 1.807) is 6.20 Å². The molecule has 0 aliphatic carbocycles. The summed E-state index contributed by atoms with van der Waals surface area (Å²) in [6.07, 6.45) is 4.98. The highest BCUT2D eigenvalue weighted by Crippen LogP contribution is 2.23. The zero-order chi connectivity index (χ0) is 13.0. The molecule has 5 heteroatoms. The van der Waals surface area contributed by atoms with Crippen LogP contribution >= 0.6 is 27.5 Å². The average molecular weight is 329 g/mol. The molecule has 0 spiro atoms. The molecule has 2 aromatic heterocycles. The molecule has 0 radical (unpaired) electrons. The molecule has 0 atom stereocenters. The van der Waals surface area contributed by atoms with Crippen LogP contribution in [0.25, 0.3) is 0 Å². The molecule has 0 aliphatic heterocycles. The summed E-state index contributed by atoms with van der Waals surface area (Å²) >= 11 is 9.22. The second-order valence-electron chi connectivity index (χ2n) is 4.04. The molecule has 0 unspecified atom stereocenters. The number of aromatic nitrogens is 2. The highest BCUT2D eigenvalue weighted by atomic mass is 79.9. The maximum atomic E-state index is 5.86. The van der Waals surface area contributed by atoms with Gasteiger partial charge in [-0.1, -0.05) is 18.5 Å². The fourth-order valence-electron chi connectivity index (χ4n) is 1.78. The van der Waals surface area contributed by atoms with Crippen molar-refractivity contribution < 1.29 is 0 Å². The van der Waals surface area contributed by atoms with Gasteiger partial charge in [-0.3, -0.25) is 0 Å². The number of hydrogen-bond acceptors (Lipinski definition) is 2. The van der Waals surface area contributed by atoms with Gasteiger partial charge in [0.15, 0.2) is 0 Å². The van der Waals surface area contributed by atoms with E-state index in [1.165, 1.54) is 5.69 Å². The van der Waals surface area contributed by atoms with E-state index >= 15 is 0 Å². The van der Waals surface area contributed by atoms with E-state index in [2.05, 4.69) is 56.1 Å². The van der Waals surface area contributed by atoms with E-state index < -0.39 is 0 Å². The van der Waals surface area contributed by atoms with Crippen LogP contribution in [0.3, 0.4) is 0 Å². The summed E-state index contributed by atoms with van der Waals surface area (Å²) in [4.78, 5) is 4.09. The minimum atomic E-state index is 0.481. The Labute approximate surface area is 120 Å². The lowest BCUT2D eigenvalue weighted by molar-refractivity contribution is 0.654. The second kappa shape index (κ2) is 6.25. The number of hydrogen-bond donors (Lipinski definition) is 1. The van der Waals surface area contributed by atoms with Gasteiger partial charge >= 0.3 is 0 Å². The van der Waals surface area contributed by atoms with Crippen molar-refractivity contribution in [3.05, 3.63) is 45.9 Å². The first-order valence-electron chi connectivity index (χ1n) is 5.89. The zero-order valence-electron chi connectivity index (χ0n) is 10.2. The van der Waals surface area contributed by atoms with Gasteiger partial charge in [-0.15, -0.1) is 0 Å². The fraction of sp³-hybridized carbons (Fsp3) is 0.308. The van der Waals surface area contributed by atoms with Crippen LogP contribution in [-0.2, 0) is 13.1 Å². The molecule has 0 aliphatic rings. The Hall–Kier alpha value is -1.00. The van der Waals surface area contributed by atoms with Crippen molar-refractivity contribution in [2.24, 2.45) is 0 Å². The number of rotatable bonds is 5. The Kier molecular flexibility index (Phi) is 4.66. The van der Waals surface area contributed by atoms with Gasteiger partial charge in [-0.25, -0.2) is 4.98 Å². The molecule has 2 rings (SSSR count). The molecular formula is C13H15BrClN3. The van der Waals surface area contributed by atoms with Crippen LogP contribution in [0.4, 0.5) is 5.69 Å². The van der Waals surface area contributed by atoms with Crippen molar-refractivity contribution >= 4 is 33.2 Å². The van der Waals surface area contributed by atoms with Crippen molar-refractivity contribution in [2.75, 3.05) is 5.32 Å². The normalized spacial score (nSPS) is 10.6. The van der Waals surface area contributed by atoms with Crippen LogP contribution in [0.2, 0.25) is 5.15 Å². The SMILES string of the molecule is CCCn1cccc1CNc1cnc(Cl)c(Br)c1. The molecule has 3 nitrogen and oxygen atoms in total. The Morgan fingerprint density at radius 3 is 3.06 bits per heavy atom. The first kappa shape index (κ1) is 13.4. The molecule has 0 saturated heterocycles. The lowest BCUT2D eigenvalue weighted by Crippen LogP contribution is -2.07. The van der Waals surface area contributed by atoms with Crippen molar-refractivity contribution in [2.45, 2.75) is 26.4 Å². The van der Waals surface area contributed by atoms with E-state index in [1.807, 2.05) is 6.07 Å². The predicted octanol–water partition coefficient (Wildman–Crippen LogP) is 4.32. The van der Waals surface area contributed by atoms with Gasteiger partial charge in [0.2, 0.25) is 0 Å². The molecule has 0 bridgehead atoms. The largest absolute Gasteiger partial charge is 0.378 e. The third kappa shape index (κ3) is 3.27. The van der Waals surface area contributed by atoms with Gasteiger partial charge in [-0.2, -0.15) is 0 Å². The Balaban J connectivity index is 2.02. The Morgan fingerprint density at radius 2 is 2.33 bits per heavy atom. The molecule has 2 aromatic rings. The predicted molar refractivity (Wildman–Crippen MR) is 79.0 cm³/mol. The van der Waals surface area contributed by atoms with Crippen molar-refractivity contribution in [1.82, 2.24) is 9.55 Å². The average Bonchev–Trinajstić information content (AvgIpc) is 2.79. The van der Waals surface area contributed by atoms with Crippen molar-refractivity contribution in [3.8, 4) is 0 Å². The van der Waals surface area contributed by atoms with E-state index in [-0.39, 0.29) is 0 Å². The minimum Gasteiger partial charge on any atom is -0.378 e. The molecule has 18 heavy (non-hydrogen) atoms. The van der Waals surface area contributed by atoms with Crippen LogP contribution in [0.1, 0.15) is 19.0 Å². The highest BCUT2D eigenvalue weighted by molar-refractivity contribution is 9.10. The first-order valence-corrected chi connectivity index (χ1v) is 7.06. The smallest absolute Gasteiger partial charge is 0.143 e. The summed E-state index contributed by atoms with van der Waals surface area (Å²) in [5.41, 5.74) is 2.22. The van der Waals surface area contributed by atoms with Gasteiger partial charge in [-0.05, 0) is 40.5 Å². The van der Waals surface area contributed by atoms with Crippen LogP contribution < -0.4 is 5.32 Å². The van der Waals surface area contributed by atoms with Gasteiger partial charge in [0.05, 0.1) is 22.9 Å². The summed E-state index contributed by atoms with van der Waals surface area (Å²) in [5.74, 6) is 0. The number of anilines is 1. The lowest BCUT2D eigenvalue weighted by atomic mass is 10.3. The number of nitrogens with one attached hydrogen (secondary N) is 1. The van der Waals surface area contributed by atoms with Crippen molar-refractivity contribution in [1.29, 1.82) is 0 Å². The monoisotopic (exact) mass is 327 g/mol. The van der Waals surface area contributed by atoms with Gasteiger partial charge in [0.1, 0.15) is 5.15 Å². The van der Waals surface area contributed by atoms with Crippen LogP contribution in [0.5, 0.6) is 0 Å². The number of aryl methyl sites for hydroxylation is 1. The molecule has 0 fully saturated rings. The first-order chi connectivity index (χ1) is 8.70. The summed E-state index contributed by atoms with van der Waals surface area (Å²) < 4.78 is 3.06. The van der Waals surface area contributed by atoms with Crippen LogP contribution in [0, 0.1) is 0 Å². The third-order valence-electron chi connectivity index (χ3n) is 2.66. The van der Waals surface area contributed by atoms with Gasteiger partial charge in [0, 0.05) is 18.4 Å². The molecule has 0 aromatic carbocycles. The zero-order valence-corrected chi connectivity index (χ0v) is 12.5. The number of pyridine rings is 1. The molecular weight excluding hydrogens is 314 g/mol. The minimum absolute atomic E-state index is 0.481. The van der Waals surface area contributed by atoms with E-state index in [0.717, 1.165) is 29.7 Å². The standard InChI is InChI=1S/C13H15BrClN3/c1-2-5-18-6-3-4-11(18)9-16-10-7-12(14)13(15)17-8-10/h3-4,6-8,16H,2,5,9H2,1H3. The highest BCUT2D eigenvalue weighted by Gasteiger charge is 2.02. The van der Waals surface area contributed by atoms with Crippen LogP contribution in [-0.4, -0.2) is 9.55 Å². The van der Waals surface area contributed by atoms with Gasteiger partial charge < -0.3 is 9.88 Å². The summed E-state index contributed by atoms with van der Waals surface area (Å²) in [6, 6.07) is 6.13. The van der Waals surface area contributed by atoms with E-state index in [4.69, 9.17) is 11.6 Å². The fourth-order valence-corrected chi connectivity index (χ4v) is 2.23. The van der Waals surface area contributed by atoms with E-state index in [9.17, 15) is 0 Å². The lowest BCUT2D eigenvalue weighted by Gasteiger charge is -2.10. The molecule has 1 N–H and O–H groups in total. The number of nitrogens with zero attached hydrogens (tertiary/aromatic N) is 2. The summed E-state index contributed by atoms with van der Waals surface area (Å²) in [5, 5.41) is 3.82. The molecule has 0 amide bonds. The maximum Gasteiger partial charge on any atom is 0.143 e. The third-order valence-corrected chi connectivity index (χ3v) is 3.79. The number of halogens is 2. The molecule has 2 heterocycles. The molecule has 96 valence electrons. The Bertz CT molecular complexity index is 525. The summed E-state index contributed by atoms with van der Waals surface area (Å²) in [6.45, 7) is 4.01. The quantitative estimate of drug-likeness (QED) is 0.828.